The normalized spacial score (nSPS) is 16.4. The molecule has 0 heterocycles. The summed E-state index contributed by atoms with van der Waals surface area (Å²) < 4.78 is 13.8. The Morgan fingerprint density at radius 3 is 2.32 bits per heavy atom. The Morgan fingerprint density at radius 2 is 1.74 bits per heavy atom. The molecule has 0 saturated carbocycles. The smallest absolute Gasteiger partial charge is 0.124 e. The molecule has 1 nitrogen and oxygen atoms in total. The van der Waals surface area contributed by atoms with Crippen LogP contribution < -0.4 is 0 Å². The van der Waals surface area contributed by atoms with Gasteiger partial charge in [-0.05, 0) is 28.8 Å². The fraction of sp³-hybridized carbons (Fsp3) is 0.250. The van der Waals surface area contributed by atoms with Crippen molar-refractivity contribution in [3.63, 3.8) is 0 Å². The summed E-state index contributed by atoms with van der Waals surface area (Å²) in [5.41, 5.74) is 2.60. The lowest BCUT2D eigenvalue weighted by Crippen LogP contribution is -2.32. The van der Waals surface area contributed by atoms with E-state index in [1.807, 2.05) is 12.1 Å². The molecule has 1 N–H and O–H groups in total. The number of fused-ring (bicyclic) bond motifs is 1. The average molecular weight is 321 g/mol. The van der Waals surface area contributed by atoms with Crippen LogP contribution in [0.1, 0.15) is 16.7 Å². The number of halogens is 2. The van der Waals surface area contributed by atoms with E-state index >= 15 is 0 Å². The average Bonchev–Trinajstić information content (AvgIpc) is 2.69. The highest BCUT2D eigenvalue weighted by atomic mass is 79.9. The van der Waals surface area contributed by atoms with E-state index in [0.29, 0.717) is 19.3 Å². The maximum absolute atomic E-state index is 13.1. The van der Waals surface area contributed by atoms with Crippen LogP contribution in [0.4, 0.5) is 4.39 Å². The zero-order valence-corrected chi connectivity index (χ0v) is 12.0. The Morgan fingerprint density at radius 1 is 1.11 bits per heavy atom. The SMILES string of the molecule is OC1(Cc2ccc(F)cc2Br)Cc2ccccc2C1. The summed E-state index contributed by atoms with van der Waals surface area (Å²) in [6, 6.07) is 12.7. The van der Waals surface area contributed by atoms with Gasteiger partial charge in [-0.15, -0.1) is 0 Å². The van der Waals surface area contributed by atoms with Gasteiger partial charge in [0, 0.05) is 23.7 Å². The largest absolute Gasteiger partial charge is 0.389 e. The van der Waals surface area contributed by atoms with E-state index in [1.54, 1.807) is 6.07 Å². The van der Waals surface area contributed by atoms with E-state index in [0.717, 1.165) is 10.0 Å². The van der Waals surface area contributed by atoms with Crippen molar-refractivity contribution in [1.82, 2.24) is 0 Å². The van der Waals surface area contributed by atoms with Crippen LogP contribution in [0.2, 0.25) is 0 Å². The van der Waals surface area contributed by atoms with Gasteiger partial charge in [0.2, 0.25) is 0 Å². The third-order valence-electron chi connectivity index (χ3n) is 3.69. The fourth-order valence-corrected chi connectivity index (χ4v) is 3.31. The Balaban J connectivity index is 1.85. The van der Waals surface area contributed by atoms with Crippen LogP contribution in [0.15, 0.2) is 46.9 Å². The molecule has 0 saturated heterocycles. The van der Waals surface area contributed by atoms with Crippen LogP contribution in [0, 0.1) is 5.82 Å². The molecule has 2 aromatic rings. The van der Waals surface area contributed by atoms with Crippen molar-refractivity contribution in [3.05, 3.63) is 69.4 Å². The monoisotopic (exact) mass is 320 g/mol. The molecule has 0 bridgehead atoms. The van der Waals surface area contributed by atoms with E-state index < -0.39 is 5.60 Å². The number of benzene rings is 2. The molecule has 1 aliphatic rings. The second-order valence-corrected chi connectivity index (χ2v) is 6.11. The highest BCUT2D eigenvalue weighted by Crippen LogP contribution is 2.34. The van der Waals surface area contributed by atoms with Gasteiger partial charge < -0.3 is 5.11 Å². The molecule has 3 heteroatoms. The van der Waals surface area contributed by atoms with Gasteiger partial charge >= 0.3 is 0 Å². The molecule has 0 radical (unpaired) electrons. The first-order valence-electron chi connectivity index (χ1n) is 6.29. The van der Waals surface area contributed by atoms with Crippen molar-refractivity contribution in [3.8, 4) is 0 Å². The maximum atomic E-state index is 13.1. The minimum absolute atomic E-state index is 0.266. The highest BCUT2D eigenvalue weighted by Gasteiger charge is 2.35. The van der Waals surface area contributed by atoms with E-state index in [9.17, 15) is 9.50 Å². The number of aliphatic hydroxyl groups is 1. The lowest BCUT2D eigenvalue weighted by molar-refractivity contribution is 0.0516. The molecular formula is C16H14BrFO. The zero-order valence-electron chi connectivity index (χ0n) is 10.4. The van der Waals surface area contributed by atoms with Crippen molar-refractivity contribution in [2.75, 3.05) is 0 Å². The summed E-state index contributed by atoms with van der Waals surface area (Å²) in [5, 5.41) is 10.7. The second-order valence-electron chi connectivity index (χ2n) is 5.26. The third kappa shape index (κ3) is 2.58. The van der Waals surface area contributed by atoms with E-state index in [-0.39, 0.29) is 5.82 Å². The van der Waals surface area contributed by atoms with E-state index in [4.69, 9.17) is 0 Å². The van der Waals surface area contributed by atoms with E-state index in [2.05, 4.69) is 28.1 Å². The molecule has 0 atom stereocenters. The summed E-state index contributed by atoms with van der Waals surface area (Å²) in [6.45, 7) is 0. The van der Waals surface area contributed by atoms with Crippen LogP contribution in [-0.4, -0.2) is 10.7 Å². The van der Waals surface area contributed by atoms with Gasteiger partial charge in [-0.2, -0.15) is 0 Å². The predicted molar refractivity (Wildman–Crippen MR) is 76.6 cm³/mol. The molecule has 0 unspecified atom stereocenters. The minimum Gasteiger partial charge on any atom is -0.389 e. The lowest BCUT2D eigenvalue weighted by Gasteiger charge is -2.23. The minimum atomic E-state index is -0.760. The summed E-state index contributed by atoms with van der Waals surface area (Å²) in [5.74, 6) is -0.266. The van der Waals surface area contributed by atoms with Crippen LogP contribution in [0.3, 0.4) is 0 Å². The lowest BCUT2D eigenvalue weighted by atomic mass is 9.91. The van der Waals surface area contributed by atoms with Crippen LogP contribution in [0.25, 0.3) is 0 Å². The van der Waals surface area contributed by atoms with Crippen molar-refractivity contribution >= 4 is 15.9 Å². The molecular weight excluding hydrogens is 307 g/mol. The molecule has 98 valence electrons. The van der Waals surface area contributed by atoms with Gasteiger partial charge in [-0.3, -0.25) is 0 Å². The van der Waals surface area contributed by atoms with E-state index in [1.165, 1.54) is 23.3 Å². The molecule has 2 aromatic carbocycles. The first kappa shape index (κ1) is 12.8. The molecule has 0 aliphatic heterocycles. The predicted octanol–water partition coefficient (Wildman–Crippen LogP) is 3.66. The number of hydrogen-bond donors (Lipinski definition) is 1. The summed E-state index contributed by atoms with van der Waals surface area (Å²) in [4.78, 5) is 0. The molecule has 0 fully saturated rings. The van der Waals surface area contributed by atoms with Gasteiger partial charge in [0.25, 0.3) is 0 Å². The van der Waals surface area contributed by atoms with Crippen molar-refractivity contribution in [2.45, 2.75) is 24.9 Å². The van der Waals surface area contributed by atoms with Gasteiger partial charge in [-0.1, -0.05) is 46.3 Å². The molecule has 19 heavy (non-hydrogen) atoms. The van der Waals surface area contributed by atoms with Crippen molar-refractivity contribution in [1.29, 1.82) is 0 Å². The summed E-state index contributed by atoms with van der Waals surface area (Å²) in [6.07, 6.45) is 1.85. The molecule has 3 rings (SSSR count). The molecule has 0 spiro atoms. The Kier molecular flexibility index (Phi) is 3.19. The maximum Gasteiger partial charge on any atom is 0.124 e. The van der Waals surface area contributed by atoms with Gasteiger partial charge in [0.05, 0.1) is 5.60 Å². The molecule has 0 aromatic heterocycles. The van der Waals surface area contributed by atoms with Gasteiger partial charge in [-0.25, -0.2) is 4.39 Å². The fourth-order valence-electron chi connectivity index (χ4n) is 2.82. The first-order valence-corrected chi connectivity index (χ1v) is 7.08. The summed E-state index contributed by atoms with van der Waals surface area (Å²) >= 11 is 3.36. The molecule has 1 aliphatic carbocycles. The standard InChI is InChI=1S/C16H14BrFO/c17-15-7-14(18)6-5-13(15)10-16(19)8-11-3-1-2-4-12(11)9-16/h1-7,19H,8-10H2. The quantitative estimate of drug-likeness (QED) is 0.895. The van der Waals surface area contributed by atoms with Crippen LogP contribution in [0.5, 0.6) is 0 Å². The topological polar surface area (TPSA) is 20.2 Å². The summed E-state index contributed by atoms with van der Waals surface area (Å²) in [7, 11) is 0. The first-order chi connectivity index (χ1) is 9.06. The van der Waals surface area contributed by atoms with Crippen molar-refractivity contribution < 1.29 is 9.50 Å². The Labute approximate surface area is 120 Å². The van der Waals surface area contributed by atoms with Crippen LogP contribution in [-0.2, 0) is 19.3 Å². The number of hydrogen-bond acceptors (Lipinski definition) is 1. The number of rotatable bonds is 2. The Hall–Kier alpha value is -1.19. The van der Waals surface area contributed by atoms with Crippen molar-refractivity contribution in [2.24, 2.45) is 0 Å². The highest BCUT2D eigenvalue weighted by molar-refractivity contribution is 9.10. The van der Waals surface area contributed by atoms with Gasteiger partial charge in [0.1, 0.15) is 5.82 Å². The second kappa shape index (κ2) is 4.73. The zero-order chi connectivity index (χ0) is 13.5. The Bertz CT molecular complexity index is 599. The molecule has 0 amide bonds. The van der Waals surface area contributed by atoms with Gasteiger partial charge in [0.15, 0.2) is 0 Å². The third-order valence-corrected chi connectivity index (χ3v) is 4.43. The van der Waals surface area contributed by atoms with Crippen LogP contribution >= 0.6 is 15.9 Å².